The van der Waals surface area contributed by atoms with Crippen LogP contribution in [0.2, 0.25) is 0 Å². The predicted octanol–water partition coefficient (Wildman–Crippen LogP) is 3.88. The van der Waals surface area contributed by atoms with Crippen LogP contribution in [0, 0.1) is 5.92 Å². The number of nitrogens with one attached hydrogen (secondary N) is 1. The third kappa shape index (κ3) is 4.50. The summed E-state index contributed by atoms with van der Waals surface area (Å²) in [6, 6.07) is 8.12. The summed E-state index contributed by atoms with van der Waals surface area (Å²) in [4.78, 5) is 4.47. The maximum Gasteiger partial charge on any atom is 0.0758 e. The minimum Gasteiger partial charge on any atom is -0.389 e. The van der Waals surface area contributed by atoms with E-state index in [0.29, 0.717) is 19.0 Å². The Morgan fingerprint density at radius 3 is 2.81 bits per heavy atom. The van der Waals surface area contributed by atoms with Gasteiger partial charge in [0.05, 0.1) is 11.1 Å². The molecule has 2 aromatic rings. The highest BCUT2D eigenvalue weighted by atomic mass is 79.9. The van der Waals surface area contributed by atoms with Gasteiger partial charge in [-0.15, -0.1) is 0 Å². The first-order valence-electron chi connectivity index (χ1n) is 7.34. The lowest BCUT2D eigenvalue weighted by atomic mass is 9.94. The highest BCUT2D eigenvalue weighted by molar-refractivity contribution is 9.10. The largest absolute Gasteiger partial charge is 0.389 e. The van der Waals surface area contributed by atoms with Gasteiger partial charge in [-0.25, -0.2) is 0 Å². The van der Waals surface area contributed by atoms with Crippen molar-refractivity contribution in [3.8, 4) is 0 Å². The van der Waals surface area contributed by atoms with Gasteiger partial charge in [0.25, 0.3) is 0 Å². The molecule has 0 aliphatic carbocycles. The number of hydrogen-bond donors (Lipinski definition) is 2. The number of halogens is 1. The molecule has 1 aromatic heterocycles. The van der Waals surface area contributed by atoms with E-state index >= 15 is 0 Å². The van der Waals surface area contributed by atoms with Crippen LogP contribution in [0.4, 0.5) is 0 Å². The monoisotopic (exact) mass is 350 g/mol. The summed E-state index contributed by atoms with van der Waals surface area (Å²) >= 11 is 3.56. The number of nitrogens with zero attached hydrogens (tertiary/aromatic N) is 1. The molecule has 0 radical (unpaired) electrons. The van der Waals surface area contributed by atoms with Crippen molar-refractivity contribution in [1.82, 2.24) is 10.3 Å². The first kappa shape index (κ1) is 16.4. The molecule has 0 bridgehead atoms. The minimum absolute atomic E-state index is 0.483. The standard InChI is InChI=1S/C17H23BrN2O/c1-12(2)9-17(3,21)11-19-10-13-6-7-15(18)14-5-4-8-20-16(13)14/h4-8,12,19,21H,9-11H2,1-3H3. The molecule has 0 saturated carbocycles. The summed E-state index contributed by atoms with van der Waals surface area (Å²) < 4.78 is 1.06. The molecule has 4 heteroatoms. The maximum absolute atomic E-state index is 10.3. The zero-order valence-corrected chi connectivity index (χ0v) is 14.4. The number of aliphatic hydroxyl groups is 1. The molecule has 0 aliphatic rings. The second kappa shape index (κ2) is 6.86. The number of pyridine rings is 1. The van der Waals surface area contributed by atoms with Crippen LogP contribution in [0.1, 0.15) is 32.8 Å². The number of hydrogen-bond acceptors (Lipinski definition) is 3. The molecule has 1 unspecified atom stereocenters. The van der Waals surface area contributed by atoms with Gasteiger partial charge in [-0.2, -0.15) is 0 Å². The van der Waals surface area contributed by atoms with Gasteiger partial charge in [-0.1, -0.05) is 41.9 Å². The Labute approximate surface area is 134 Å². The van der Waals surface area contributed by atoms with Crippen LogP contribution in [0.5, 0.6) is 0 Å². The van der Waals surface area contributed by atoms with Crippen LogP contribution >= 0.6 is 15.9 Å². The first-order valence-corrected chi connectivity index (χ1v) is 8.13. The number of rotatable bonds is 6. The molecule has 0 fully saturated rings. The molecule has 21 heavy (non-hydrogen) atoms. The number of benzene rings is 1. The third-order valence-corrected chi connectivity index (χ3v) is 4.16. The van der Waals surface area contributed by atoms with Gasteiger partial charge >= 0.3 is 0 Å². The Morgan fingerprint density at radius 1 is 1.33 bits per heavy atom. The van der Waals surface area contributed by atoms with E-state index in [1.54, 1.807) is 0 Å². The molecule has 1 aromatic carbocycles. The van der Waals surface area contributed by atoms with Crippen LogP contribution in [-0.4, -0.2) is 22.2 Å². The molecule has 2 rings (SSSR count). The van der Waals surface area contributed by atoms with E-state index in [4.69, 9.17) is 0 Å². The SMILES string of the molecule is CC(C)CC(C)(O)CNCc1ccc(Br)c2cccnc12. The van der Waals surface area contributed by atoms with E-state index in [1.807, 2.05) is 25.3 Å². The maximum atomic E-state index is 10.3. The highest BCUT2D eigenvalue weighted by Crippen LogP contribution is 2.25. The van der Waals surface area contributed by atoms with E-state index in [2.05, 4.69) is 52.2 Å². The van der Waals surface area contributed by atoms with Crippen LogP contribution in [-0.2, 0) is 6.54 Å². The molecule has 0 amide bonds. The molecule has 0 spiro atoms. The molecule has 1 heterocycles. The Morgan fingerprint density at radius 2 is 2.10 bits per heavy atom. The van der Waals surface area contributed by atoms with Crippen LogP contribution < -0.4 is 5.32 Å². The van der Waals surface area contributed by atoms with E-state index in [-0.39, 0.29) is 0 Å². The second-order valence-electron chi connectivity index (χ2n) is 6.30. The lowest BCUT2D eigenvalue weighted by Crippen LogP contribution is -2.38. The molecule has 2 N–H and O–H groups in total. The average Bonchev–Trinajstić information content (AvgIpc) is 2.40. The zero-order chi connectivity index (χ0) is 15.5. The fraction of sp³-hybridized carbons (Fsp3) is 0.471. The lowest BCUT2D eigenvalue weighted by molar-refractivity contribution is 0.0383. The van der Waals surface area contributed by atoms with Crippen molar-refractivity contribution in [2.45, 2.75) is 39.3 Å². The van der Waals surface area contributed by atoms with Crippen molar-refractivity contribution in [2.24, 2.45) is 5.92 Å². The molecular formula is C17H23BrN2O. The smallest absolute Gasteiger partial charge is 0.0758 e. The van der Waals surface area contributed by atoms with Crippen LogP contribution in [0.15, 0.2) is 34.9 Å². The number of aromatic nitrogens is 1. The summed E-state index contributed by atoms with van der Waals surface area (Å²) in [6.07, 6.45) is 2.60. The molecule has 3 nitrogen and oxygen atoms in total. The van der Waals surface area contributed by atoms with Gasteiger partial charge in [-0.05, 0) is 37.0 Å². The molecule has 0 saturated heterocycles. The van der Waals surface area contributed by atoms with E-state index in [9.17, 15) is 5.11 Å². The summed E-state index contributed by atoms with van der Waals surface area (Å²) in [6.45, 7) is 7.42. The van der Waals surface area contributed by atoms with Crippen molar-refractivity contribution < 1.29 is 5.11 Å². The Bertz CT molecular complexity index is 611. The lowest BCUT2D eigenvalue weighted by Gasteiger charge is -2.25. The van der Waals surface area contributed by atoms with Gasteiger partial charge in [0, 0.05) is 29.1 Å². The van der Waals surface area contributed by atoms with Crippen LogP contribution in [0.25, 0.3) is 10.9 Å². The average molecular weight is 351 g/mol. The van der Waals surface area contributed by atoms with Gasteiger partial charge < -0.3 is 10.4 Å². The van der Waals surface area contributed by atoms with Crippen molar-refractivity contribution in [3.63, 3.8) is 0 Å². The summed E-state index contributed by atoms with van der Waals surface area (Å²) in [5.41, 5.74) is 1.48. The number of fused-ring (bicyclic) bond motifs is 1. The normalized spacial score (nSPS) is 14.6. The quantitative estimate of drug-likeness (QED) is 0.830. The fourth-order valence-electron chi connectivity index (χ4n) is 2.76. The van der Waals surface area contributed by atoms with Crippen molar-refractivity contribution in [1.29, 1.82) is 0 Å². The van der Waals surface area contributed by atoms with E-state index in [0.717, 1.165) is 27.4 Å². The highest BCUT2D eigenvalue weighted by Gasteiger charge is 2.21. The molecule has 1 atom stereocenters. The van der Waals surface area contributed by atoms with Gasteiger partial charge in [0.15, 0.2) is 0 Å². The van der Waals surface area contributed by atoms with Crippen molar-refractivity contribution >= 4 is 26.8 Å². The Kier molecular flexibility index (Phi) is 5.36. The van der Waals surface area contributed by atoms with Crippen LogP contribution in [0.3, 0.4) is 0 Å². The van der Waals surface area contributed by atoms with E-state index < -0.39 is 5.60 Å². The minimum atomic E-state index is -0.674. The van der Waals surface area contributed by atoms with Gasteiger partial charge in [0.1, 0.15) is 0 Å². The second-order valence-corrected chi connectivity index (χ2v) is 7.16. The fourth-order valence-corrected chi connectivity index (χ4v) is 3.21. The van der Waals surface area contributed by atoms with Crippen molar-refractivity contribution in [3.05, 3.63) is 40.5 Å². The molecule has 114 valence electrons. The predicted molar refractivity (Wildman–Crippen MR) is 91.2 cm³/mol. The Balaban J connectivity index is 2.06. The zero-order valence-electron chi connectivity index (χ0n) is 12.9. The topological polar surface area (TPSA) is 45.1 Å². The van der Waals surface area contributed by atoms with Crippen molar-refractivity contribution in [2.75, 3.05) is 6.54 Å². The van der Waals surface area contributed by atoms with Gasteiger partial charge in [-0.3, -0.25) is 4.98 Å². The summed E-state index contributed by atoms with van der Waals surface area (Å²) in [7, 11) is 0. The van der Waals surface area contributed by atoms with E-state index in [1.165, 1.54) is 0 Å². The Hall–Kier alpha value is -0.970. The van der Waals surface area contributed by atoms with Gasteiger partial charge in [0.2, 0.25) is 0 Å². The first-order chi connectivity index (χ1) is 9.89. The summed E-state index contributed by atoms with van der Waals surface area (Å²) in [5.74, 6) is 0.483. The molecular weight excluding hydrogens is 328 g/mol. The molecule has 0 aliphatic heterocycles. The third-order valence-electron chi connectivity index (χ3n) is 3.47. The summed E-state index contributed by atoms with van der Waals surface area (Å²) in [5, 5.41) is 14.8.